The Kier molecular flexibility index (Phi) is 3.66. The number of ether oxygens (including phenoxy) is 1. The van der Waals surface area contributed by atoms with Crippen LogP contribution in [0.15, 0.2) is 24.4 Å². The molecule has 5 heteroatoms. The summed E-state index contributed by atoms with van der Waals surface area (Å²) in [5.74, 6) is 1.48. The summed E-state index contributed by atoms with van der Waals surface area (Å²) >= 11 is 2.25. The fraction of sp³-hybridized carbons (Fsp3) is 0.333. The summed E-state index contributed by atoms with van der Waals surface area (Å²) in [6.45, 7) is 5.99. The van der Waals surface area contributed by atoms with E-state index < -0.39 is 0 Å². The quantitative estimate of drug-likeness (QED) is 0.805. The third-order valence-electron chi connectivity index (χ3n) is 2.23. The van der Waals surface area contributed by atoms with Crippen molar-refractivity contribution in [3.8, 4) is 11.7 Å². The molecular formula is C12H14IN3O. The van der Waals surface area contributed by atoms with Gasteiger partial charge in [0.15, 0.2) is 5.82 Å². The lowest BCUT2D eigenvalue weighted by Crippen LogP contribution is -2.07. The van der Waals surface area contributed by atoms with E-state index >= 15 is 0 Å². The van der Waals surface area contributed by atoms with Crippen LogP contribution in [0.5, 0.6) is 5.88 Å². The van der Waals surface area contributed by atoms with Gasteiger partial charge in [-0.2, -0.15) is 0 Å². The van der Waals surface area contributed by atoms with Crippen molar-refractivity contribution in [2.45, 2.75) is 26.9 Å². The minimum absolute atomic E-state index is 0.120. The van der Waals surface area contributed by atoms with Crippen molar-refractivity contribution >= 4 is 22.6 Å². The fourth-order valence-corrected chi connectivity index (χ4v) is 1.92. The fourth-order valence-electron chi connectivity index (χ4n) is 1.46. The van der Waals surface area contributed by atoms with Crippen molar-refractivity contribution in [2.24, 2.45) is 0 Å². The van der Waals surface area contributed by atoms with Crippen molar-refractivity contribution in [1.29, 1.82) is 0 Å². The largest absolute Gasteiger partial charge is 0.473 e. The van der Waals surface area contributed by atoms with Gasteiger partial charge in [-0.1, -0.05) is 6.07 Å². The first-order valence-corrected chi connectivity index (χ1v) is 6.50. The summed E-state index contributed by atoms with van der Waals surface area (Å²) in [6, 6.07) is 5.76. The summed E-state index contributed by atoms with van der Waals surface area (Å²) in [7, 11) is 0. The molecule has 0 spiro atoms. The van der Waals surface area contributed by atoms with E-state index in [1.807, 2.05) is 39.0 Å². The van der Waals surface area contributed by atoms with Crippen LogP contribution in [0.25, 0.3) is 5.82 Å². The van der Waals surface area contributed by atoms with Gasteiger partial charge in [-0.25, -0.2) is 9.67 Å². The monoisotopic (exact) mass is 343 g/mol. The average Bonchev–Trinajstić information content (AvgIpc) is 2.58. The molecule has 0 aliphatic heterocycles. The van der Waals surface area contributed by atoms with E-state index in [2.05, 4.69) is 32.7 Å². The topological polar surface area (TPSA) is 39.9 Å². The summed E-state index contributed by atoms with van der Waals surface area (Å²) in [5.41, 5.74) is 1.04. The van der Waals surface area contributed by atoms with E-state index in [9.17, 15) is 0 Å². The number of pyridine rings is 1. The lowest BCUT2D eigenvalue weighted by molar-refractivity contribution is 0.229. The Hall–Kier alpha value is -1.11. The van der Waals surface area contributed by atoms with Gasteiger partial charge in [0.25, 0.3) is 0 Å². The first kappa shape index (κ1) is 12.3. The Morgan fingerprint density at radius 3 is 2.71 bits per heavy atom. The Labute approximate surface area is 114 Å². The molecule has 0 unspecified atom stereocenters. The van der Waals surface area contributed by atoms with Gasteiger partial charge in [-0.3, -0.25) is 0 Å². The zero-order chi connectivity index (χ0) is 12.4. The molecule has 2 rings (SSSR count). The molecule has 0 saturated carbocycles. The van der Waals surface area contributed by atoms with Crippen LogP contribution >= 0.6 is 22.6 Å². The van der Waals surface area contributed by atoms with Crippen molar-refractivity contribution < 1.29 is 4.74 Å². The molecular weight excluding hydrogens is 329 g/mol. The van der Waals surface area contributed by atoms with Crippen LogP contribution in [0.3, 0.4) is 0 Å². The van der Waals surface area contributed by atoms with Crippen molar-refractivity contribution in [3.05, 3.63) is 33.7 Å². The van der Waals surface area contributed by atoms with E-state index in [4.69, 9.17) is 4.74 Å². The van der Waals surface area contributed by atoms with E-state index in [1.54, 1.807) is 10.9 Å². The lowest BCUT2D eigenvalue weighted by Gasteiger charge is -2.05. The second-order valence-corrected chi connectivity index (χ2v) is 5.05. The first-order valence-electron chi connectivity index (χ1n) is 5.42. The Bertz CT molecular complexity index is 508. The predicted octanol–water partition coefficient (Wildman–Crippen LogP) is 2.97. The molecule has 2 aromatic heterocycles. The van der Waals surface area contributed by atoms with Gasteiger partial charge in [-0.05, 0) is 55.5 Å². The first-order chi connectivity index (χ1) is 8.09. The number of hydrogen-bond donors (Lipinski definition) is 0. The molecule has 2 heterocycles. The Morgan fingerprint density at radius 1 is 1.35 bits per heavy atom. The molecule has 4 nitrogen and oxygen atoms in total. The maximum atomic E-state index is 5.66. The standard InChI is InChI=1S/C12H14IN3O/c1-8(2)17-12-11(13)9(3)16(15-12)10-6-4-5-7-14-10/h4-8H,1-3H3. The normalized spacial score (nSPS) is 10.9. The lowest BCUT2D eigenvalue weighted by atomic mass is 10.4. The van der Waals surface area contributed by atoms with Crippen LogP contribution in [0.4, 0.5) is 0 Å². The molecule has 0 N–H and O–H groups in total. The van der Waals surface area contributed by atoms with E-state index in [1.165, 1.54) is 0 Å². The SMILES string of the molecule is Cc1c(I)c(OC(C)C)nn1-c1ccccn1. The highest BCUT2D eigenvalue weighted by Gasteiger charge is 2.15. The van der Waals surface area contributed by atoms with Crippen molar-refractivity contribution in [2.75, 3.05) is 0 Å². The second kappa shape index (κ2) is 5.03. The molecule has 17 heavy (non-hydrogen) atoms. The third kappa shape index (κ3) is 2.59. The van der Waals surface area contributed by atoms with Gasteiger partial charge in [0.1, 0.15) is 0 Å². The maximum absolute atomic E-state index is 5.66. The Balaban J connectivity index is 2.43. The van der Waals surface area contributed by atoms with Crippen LogP contribution in [-0.2, 0) is 0 Å². The van der Waals surface area contributed by atoms with Crippen LogP contribution in [0, 0.1) is 10.5 Å². The molecule has 0 aliphatic rings. The number of halogens is 1. The molecule has 0 atom stereocenters. The number of nitrogens with zero attached hydrogens (tertiary/aromatic N) is 3. The van der Waals surface area contributed by atoms with Crippen molar-refractivity contribution in [3.63, 3.8) is 0 Å². The van der Waals surface area contributed by atoms with E-state index in [0.717, 1.165) is 15.1 Å². The third-order valence-corrected chi connectivity index (χ3v) is 3.47. The van der Waals surface area contributed by atoms with Gasteiger partial charge >= 0.3 is 0 Å². The van der Waals surface area contributed by atoms with E-state index in [0.29, 0.717) is 5.88 Å². The predicted molar refractivity (Wildman–Crippen MR) is 74.6 cm³/mol. The summed E-state index contributed by atoms with van der Waals surface area (Å²) < 4.78 is 8.50. The summed E-state index contributed by atoms with van der Waals surface area (Å²) in [5, 5.41) is 4.44. The zero-order valence-electron chi connectivity index (χ0n) is 10.0. The molecule has 90 valence electrons. The summed E-state index contributed by atoms with van der Waals surface area (Å²) in [6.07, 6.45) is 1.88. The highest BCUT2D eigenvalue weighted by atomic mass is 127. The number of rotatable bonds is 3. The molecule has 0 saturated heterocycles. The van der Waals surface area contributed by atoms with Crippen LogP contribution in [-0.4, -0.2) is 20.9 Å². The second-order valence-electron chi connectivity index (χ2n) is 3.97. The maximum Gasteiger partial charge on any atom is 0.247 e. The van der Waals surface area contributed by atoms with Crippen LogP contribution in [0.1, 0.15) is 19.5 Å². The molecule has 0 aromatic carbocycles. The van der Waals surface area contributed by atoms with E-state index in [-0.39, 0.29) is 6.10 Å². The minimum Gasteiger partial charge on any atom is -0.473 e. The molecule has 0 radical (unpaired) electrons. The number of hydrogen-bond acceptors (Lipinski definition) is 3. The Morgan fingerprint density at radius 2 is 2.12 bits per heavy atom. The molecule has 0 bridgehead atoms. The van der Waals surface area contributed by atoms with Gasteiger partial charge in [0.2, 0.25) is 5.88 Å². The molecule has 2 aromatic rings. The van der Waals surface area contributed by atoms with Gasteiger partial charge < -0.3 is 4.74 Å². The summed E-state index contributed by atoms with van der Waals surface area (Å²) in [4.78, 5) is 4.28. The van der Waals surface area contributed by atoms with Gasteiger partial charge in [0, 0.05) is 6.20 Å². The average molecular weight is 343 g/mol. The smallest absolute Gasteiger partial charge is 0.247 e. The van der Waals surface area contributed by atoms with Gasteiger partial charge in [0.05, 0.1) is 15.4 Å². The van der Waals surface area contributed by atoms with Crippen LogP contribution < -0.4 is 4.74 Å². The van der Waals surface area contributed by atoms with Crippen molar-refractivity contribution in [1.82, 2.24) is 14.8 Å². The highest BCUT2D eigenvalue weighted by Crippen LogP contribution is 2.25. The highest BCUT2D eigenvalue weighted by molar-refractivity contribution is 14.1. The number of aromatic nitrogens is 3. The van der Waals surface area contributed by atoms with Gasteiger partial charge in [-0.15, -0.1) is 5.10 Å². The molecule has 0 fully saturated rings. The minimum atomic E-state index is 0.120. The zero-order valence-corrected chi connectivity index (χ0v) is 12.2. The van der Waals surface area contributed by atoms with Crippen LogP contribution in [0.2, 0.25) is 0 Å². The molecule has 0 amide bonds. The molecule has 0 aliphatic carbocycles.